The summed E-state index contributed by atoms with van der Waals surface area (Å²) < 4.78 is 0. The molecule has 4 rings (SSSR count). The van der Waals surface area contributed by atoms with Crippen molar-refractivity contribution < 1.29 is 4.79 Å². The van der Waals surface area contributed by atoms with Crippen LogP contribution < -0.4 is 10.2 Å². The van der Waals surface area contributed by atoms with E-state index >= 15 is 0 Å². The molecule has 1 amide bonds. The summed E-state index contributed by atoms with van der Waals surface area (Å²) in [6, 6.07) is 26.7. The summed E-state index contributed by atoms with van der Waals surface area (Å²) in [4.78, 5) is 15.4. The van der Waals surface area contributed by atoms with Gasteiger partial charge in [-0.25, -0.2) is 0 Å². The summed E-state index contributed by atoms with van der Waals surface area (Å²) in [5.74, 6) is 0.921. The molecule has 0 aromatic heterocycles. The van der Waals surface area contributed by atoms with Crippen molar-refractivity contribution in [3.05, 3.63) is 107 Å². The molecule has 0 radical (unpaired) electrons. The fourth-order valence-electron chi connectivity index (χ4n) is 3.95. The van der Waals surface area contributed by atoms with Crippen LogP contribution in [0.5, 0.6) is 0 Å². The predicted molar refractivity (Wildman–Crippen MR) is 129 cm³/mol. The first-order valence-electron chi connectivity index (χ1n) is 11.0. The normalized spacial score (nSPS) is 16.2. The third-order valence-electron chi connectivity index (χ3n) is 5.89. The molecule has 0 saturated heterocycles. The predicted octanol–water partition coefficient (Wildman–Crippen LogP) is 7.02. The largest absolute Gasteiger partial charge is 0.351 e. The molecule has 0 fully saturated rings. The highest BCUT2D eigenvalue weighted by Crippen LogP contribution is 2.36. The summed E-state index contributed by atoms with van der Waals surface area (Å²) in [5.41, 5.74) is 6.09. The quantitative estimate of drug-likeness (QED) is 0.474. The van der Waals surface area contributed by atoms with Crippen LogP contribution >= 0.6 is 0 Å². The number of carbonyl (C=O) groups is 1. The molecule has 31 heavy (non-hydrogen) atoms. The molecule has 3 aromatic carbocycles. The summed E-state index contributed by atoms with van der Waals surface area (Å²) >= 11 is 0. The molecular formula is C28H30N2O. The van der Waals surface area contributed by atoms with Crippen LogP contribution in [-0.4, -0.2) is 5.91 Å². The van der Waals surface area contributed by atoms with Crippen molar-refractivity contribution in [2.45, 2.75) is 45.6 Å². The van der Waals surface area contributed by atoms with Gasteiger partial charge in [-0.1, -0.05) is 82.3 Å². The molecule has 158 valence electrons. The molecule has 0 saturated carbocycles. The molecule has 3 nitrogen and oxygen atoms in total. The van der Waals surface area contributed by atoms with E-state index in [0.29, 0.717) is 17.5 Å². The van der Waals surface area contributed by atoms with Crippen LogP contribution in [0, 0.1) is 0 Å². The van der Waals surface area contributed by atoms with Crippen LogP contribution in [0.1, 0.15) is 62.3 Å². The Balaban J connectivity index is 1.66. The molecule has 0 unspecified atom stereocenters. The lowest BCUT2D eigenvalue weighted by Gasteiger charge is -2.25. The van der Waals surface area contributed by atoms with E-state index in [9.17, 15) is 4.79 Å². The van der Waals surface area contributed by atoms with Crippen molar-refractivity contribution in [1.29, 1.82) is 0 Å². The molecule has 0 spiro atoms. The van der Waals surface area contributed by atoms with Crippen LogP contribution in [0.15, 0.2) is 90.6 Å². The van der Waals surface area contributed by atoms with Gasteiger partial charge in [-0.2, -0.15) is 0 Å². The topological polar surface area (TPSA) is 32.3 Å². The smallest absolute Gasteiger partial charge is 0.275 e. The average molecular weight is 411 g/mol. The van der Waals surface area contributed by atoms with Gasteiger partial charge >= 0.3 is 0 Å². The highest BCUT2D eigenvalue weighted by molar-refractivity contribution is 6.11. The maximum atomic E-state index is 13.5. The Labute approximate surface area is 185 Å². The van der Waals surface area contributed by atoms with Crippen LogP contribution in [0.3, 0.4) is 0 Å². The Bertz CT molecular complexity index is 1060. The van der Waals surface area contributed by atoms with Crippen molar-refractivity contribution in [2.24, 2.45) is 0 Å². The number of nitrogens with zero attached hydrogens (tertiary/aromatic N) is 1. The summed E-state index contributed by atoms with van der Waals surface area (Å²) in [7, 11) is 0. The Morgan fingerprint density at radius 3 is 1.84 bits per heavy atom. The van der Waals surface area contributed by atoms with E-state index in [1.807, 2.05) is 41.3 Å². The molecule has 1 aliphatic heterocycles. The van der Waals surface area contributed by atoms with Gasteiger partial charge in [-0.15, -0.1) is 0 Å². The monoisotopic (exact) mass is 410 g/mol. The fraction of sp³-hybridized carbons (Fsp3) is 0.250. The maximum absolute atomic E-state index is 13.5. The first-order valence-corrected chi connectivity index (χ1v) is 11.0. The van der Waals surface area contributed by atoms with Gasteiger partial charge in [0.05, 0.1) is 6.04 Å². The Hall–Kier alpha value is -3.33. The highest BCUT2D eigenvalue weighted by Gasteiger charge is 2.34. The van der Waals surface area contributed by atoms with Crippen molar-refractivity contribution in [3.63, 3.8) is 0 Å². The standard InChI is InChI=1S/C28H30N2O/c1-19(2)21-10-14-24(15-11-21)29-26-18-27(23-8-6-5-7-9-23)30(28(26)31)25-16-12-22(13-17-25)20(3)4/h5-20,27,29H,1-4H3/t27-/m1/s1. The third-order valence-corrected chi connectivity index (χ3v) is 5.89. The lowest BCUT2D eigenvalue weighted by molar-refractivity contribution is -0.114. The number of benzene rings is 3. The first kappa shape index (κ1) is 20.9. The number of nitrogens with one attached hydrogen (secondary N) is 1. The third kappa shape index (κ3) is 4.41. The van der Waals surface area contributed by atoms with Gasteiger partial charge in [0.2, 0.25) is 0 Å². The molecule has 1 N–H and O–H groups in total. The van der Waals surface area contributed by atoms with Gasteiger partial charge in [-0.3, -0.25) is 9.69 Å². The van der Waals surface area contributed by atoms with E-state index in [1.165, 1.54) is 11.1 Å². The minimum Gasteiger partial charge on any atom is -0.351 e. The number of carbonyl (C=O) groups excluding carboxylic acids is 1. The van der Waals surface area contributed by atoms with Gasteiger partial charge in [0.25, 0.3) is 5.91 Å². The second-order valence-corrected chi connectivity index (χ2v) is 8.76. The SMILES string of the molecule is CC(C)c1ccc(NC2=C[C@H](c3ccccc3)N(c3ccc(C(C)C)cc3)C2=O)cc1. The molecule has 1 atom stereocenters. The van der Waals surface area contributed by atoms with Crippen LogP contribution in [0.2, 0.25) is 0 Å². The van der Waals surface area contributed by atoms with Gasteiger partial charge < -0.3 is 5.32 Å². The Kier molecular flexibility index (Phi) is 5.94. The van der Waals surface area contributed by atoms with E-state index in [0.717, 1.165) is 16.9 Å². The Morgan fingerprint density at radius 2 is 1.29 bits per heavy atom. The van der Waals surface area contributed by atoms with E-state index in [-0.39, 0.29) is 11.9 Å². The van der Waals surface area contributed by atoms with E-state index in [1.54, 1.807) is 0 Å². The summed E-state index contributed by atoms with van der Waals surface area (Å²) in [6.45, 7) is 8.71. The molecule has 0 bridgehead atoms. The van der Waals surface area contributed by atoms with Crippen molar-refractivity contribution in [1.82, 2.24) is 0 Å². The Morgan fingerprint density at radius 1 is 0.742 bits per heavy atom. The minimum absolute atomic E-state index is 0.0147. The van der Waals surface area contributed by atoms with Gasteiger partial charge in [0, 0.05) is 11.4 Å². The number of amides is 1. The van der Waals surface area contributed by atoms with Gasteiger partial charge in [0.15, 0.2) is 0 Å². The van der Waals surface area contributed by atoms with Gasteiger partial charge in [-0.05, 0) is 58.9 Å². The molecule has 1 heterocycles. The minimum atomic E-state index is -0.143. The number of hydrogen-bond donors (Lipinski definition) is 1. The zero-order chi connectivity index (χ0) is 22.0. The molecular weight excluding hydrogens is 380 g/mol. The van der Waals surface area contributed by atoms with Crippen molar-refractivity contribution >= 4 is 17.3 Å². The number of anilines is 2. The summed E-state index contributed by atoms with van der Waals surface area (Å²) in [5, 5.41) is 3.36. The number of hydrogen-bond acceptors (Lipinski definition) is 2. The maximum Gasteiger partial charge on any atom is 0.275 e. The summed E-state index contributed by atoms with van der Waals surface area (Å²) in [6.07, 6.45) is 2.03. The lowest BCUT2D eigenvalue weighted by Crippen LogP contribution is -2.30. The zero-order valence-electron chi connectivity index (χ0n) is 18.7. The van der Waals surface area contributed by atoms with Crippen LogP contribution in [-0.2, 0) is 4.79 Å². The van der Waals surface area contributed by atoms with E-state index in [4.69, 9.17) is 0 Å². The highest BCUT2D eigenvalue weighted by atomic mass is 16.2. The second-order valence-electron chi connectivity index (χ2n) is 8.76. The fourth-order valence-corrected chi connectivity index (χ4v) is 3.95. The molecule has 1 aliphatic rings. The van der Waals surface area contributed by atoms with Crippen LogP contribution in [0.4, 0.5) is 11.4 Å². The van der Waals surface area contributed by atoms with Crippen molar-refractivity contribution in [2.75, 3.05) is 10.2 Å². The number of rotatable bonds is 6. The molecule has 3 heteroatoms. The second kappa shape index (κ2) is 8.81. The van der Waals surface area contributed by atoms with Gasteiger partial charge in [0.1, 0.15) is 5.70 Å². The molecule has 0 aliphatic carbocycles. The first-order chi connectivity index (χ1) is 14.9. The lowest BCUT2D eigenvalue weighted by atomic mass is 10.0. The van der Waals surface area contributed by atoms with Crippen molar-refractivity contribution in [3.8, 4) is 0 Å². The van der Waals surface area contributed by atoms with Crippen LogP contribution in [0.25, 0.3) is 0 Å². The van der Waals surface area contributed by atoms with E-state index < -0.39 is 0 Å². The van der Waals surface area contributed by atoms with E-state index in [2.05, 4.69) is 81.5 Å². The molecule has 3 aromatic rings. The zero-order valence-corrected chi connectivity index (χ0v) is 18.7. The average Bonchev–Trinajstić information content (AvgIpc) is 3.10.